The normalized spacial score (nSPS) is 12.5. The summed E-state index contributed by atoms with van der Waals surface area (Å²) < 4.78 is 13.7. The van der Waals surface area contributed by atoms with Gasteiger partial charge in [0.25, 0.3) is 0 Å². The Morgan fingerprint density at radius 3 is 2.24 bits per heavy atom. The van der Waals surface area contributed by atoms with Gasteiger partial charge in [-0.25, -0.2) is 4.39 Å². The molecule has 0 spiro atoms. The molecule has 17 heavy (non-hydrogen) atoms. The van der Waals surface area contributed by atoms with Gasteiger partial charge in [0, 0.05) is 4.47 Å². The van der Waals surface area contributed by atoms with E-state index in [-0.39, 0.29) is 5.82 Å². The monoisotopic (exact) mass is 294 g/mol. The summed E-state index contributed by atoms with van der Waals surface area (Å²) in [7, 11) is 0. The first-order chi connectivity index (χ1) is 8.08. The van der Waals surface area contributed by atoms with Crippen molar-refractivity contribution in [3.05, 3.63) is 69.4 Å². The molecular formula is C14H12BrFO. The second-order valence-corrected chi connectivity index (χ2v) is 4.82. The van der Waals surface area contributed by atoms with Crippen molar-refractivity contribution < 1.29 is 9.50 Å². The molecule has 0 fully saturated rings. The Labute approximate surface area is 108 Å². The average molecular weight is 295 g/mol. The Morgan fingerprint density at radius 1 is 1.06 bits per heavy atom. The van der Waals surface area contributed by atoms with Crippen LogP contribution in [0.5, 0.6) is 0 Å². The molecule has 0 aliphatic rings. The molecule has 2 aromatic rings. The molecule has 0 aromatic heterocycles. The maximum absolute atomic E-state index is 12.8. The van der Waals surface area contributed by atoms with Gasteiger partial charge in [-0.15, -0.1) is 0 Å². The highest BCUT2D eigenvalue weighted by molar-refractivity contribution is 9.10. The maximum atomic E-state index is 12.8. The van der Waals surface area contributed by atoms with Crippen LogP contribution < -0.4 is 0 Å². The van der Waals surface area contributed by atoms with Crippen LogP contribution in [0.4, 0.5) is 4.39 Å². The second-order valence-electron chi connectivity index (χ2n) is 3.96. The van der Waals surface area contributed by atoms with Crippen molar-refractivity contribution >= 4 is 15.9 Å². The second kappa shape index (κ2) is 4.98. The summed E-state index contributed by atoms with van der Waals surface area (Å²) in [6.07, 6.45) is -0.729. The van der Waals surface area contributed by atoms with Gasteiger partial charge in [0.15, 0.2) is 0 Å². The largest absolute Gasteiger partial charge is 0.384 e. The molecule has 88 valence electrons. The van der Waals surface area contributed by atoms with Gasteiger partial charge in [-0.1, -0.05) is 40.2 Å². The first kappa shape index (κ1) is 12.3. The lowest BCUT2D eigenvalue weighted by atomic mass is 10.0. The highest BCUT2D eigenvalue weighted by Gasteiger charge is 2.11. The third-order valence-electron chi connectivity index (χ3n) is 2.70. The first-order valence-corrected chi connectivity index (χ1v) is 6.07. The summed E-state index contributed by atoms with van der Waals surface area (Å²) in [5, 5.41) is 10.2. The molecule has 1 atom stereocenters. The summed E-state index contributed by atoms with van der Waals surface area (Å²) in [5.41, 5.74) is 2.58. The molecule has 0 radical (unpaired) electrons. The van der Waals surface area contributed by atoms with Crippen LogP contribution in [0.1, 0.15) is 22.8 Å². The number of aliphatic hydroxyl groups is 1. The number of hydrogen-bond acceptors (Lipinski definition) is 1. The van der Waals surface area contributed by atoms with Crippen LogP contribution in [0.3, 0.4) is 0 Å². The molecule has 2 aromatic carbocycles. The highest BCUT2D eigenvalue weighted by atomic mass is 79.9. The molecule has 0 saturated carbocycles. The van der Waals surface area contributed by atoms with Crippen LogP contribution in [0.2, 0.25) is 0 Å². The molecule has 0 bridgehead atoms. The van der Waals surface area contributed by atoms with Crippen molar-refractivity contribution in [1.29, 1.82) is 0 Å². The Kier molecular flexibility index (Phi) is 3.60. The van der Waals surface area contributed by atoms with E-state index in [1.165, 1.54) is 12.1 Å². The molecule has 0 heterocycles. The van der Waals surface area contributed by atoms with Crippen LogP contribution >= 0.6 is 15.9 Å². The topological polar surface area (TPSA) is 20.2 Å². The molecular weight excluding hydrogens is 283 g/mol. The Morgan fingerprint density at radius 2 is 1.65 bits per heavy atom. The number of aliphatic hydroxyl groups excluding tert-OH is 1. The number of aryl methyl sites for hydroxylation is 1. The van der Waals surface area contributed by atoms with Crippen LogP contribution in [-0.2, 0) is 0 Å². The number of halogens is 2. The fourth-order valence-corrected chi connectivity index (χ4v) is 2.01. The Balaban J connectivity index is 2.33. The van der Waals surface area contributed by atoms with E-state index in [9.17, 15) is 9.50 Å². The molecule has 1 nitrogen and oxygen atoms in total. The van der Waals surface area contributed by atoms with Crippen molar-refractivity contribution in [2.24, 2.45) is 0 Å². The third-order valence-corrected chi connectivity index (χ3v) is 3.55. The molecule has 0 amide bonds. The lowest BCUT2D eigenvalue weighted by molar-refractivity contribution is 0.220. The lowest BCUT2D eigenvalue weighted by Crippen LogP contribution is -2.00. The maximum Gasteiger partial charge on any atom is 0.123 e. The van der Waals surface area contributed by atoms with Crippen molar-refractivity contribution in [1.82, 2.24) is 0 Å². The number of rotatable bonds is 2. The minimum absolute atomic E-state index is 0.300. The molecule has 0 aliphatic carbocycles. The summed E-state index contributed by atoms with van der Waals surface area (Å²) in [5.74, 6) is -0.300. The van der Waals surface area contributed by atoms with E-state index < -0.39 is 6.10 Å². The third kappa shape index (κ3) is 2.73. The zero-order chi connectivity index (χ0) is 12.4. The predicted molar refractivity (Wildman–Crippen MR) is 69.3 cm³/mol. The van der Waals surface area contributed by atoms with Gasteiger partial charge in [-0.3, -0.25) is 0 Å². The minimum atomic E-state index is -0.729. The van der Waals surface area contributed by atoms with Gasteiger partial charge in [0.05, 0.1) is 0 Å². The van der Waals surface area contributed by atoms with Crippen molar-refractivity contribution in [3.63, 3.8) is 0 Å². The van der Waals surface area contributed by atoms with Crippen molar-refractivity contribution in [2.45, 2.75) is 13.0 Å². The van der Waals surface area contributed by atoms with Gasteiger partial charge < -0.3 is 5.11 Å². The van der Waals surface area contributed by atoms with Gasteiger partial charge in [0.2, 0.25) is 0 Å². The molecule has 3 heteroatoms. The van der Waals surface area contributed by atoms with Crippen LogP contribution in [0.25, 0.3) is 0 Å². The lowest BCUT2D eigenvalue weighted by Gasteiger charge is -2.12. The van der Waals surface area contributed by atoms with Gasteiger partial charge in [-0.05, 0) is 41.8 Å². The number of benzene rings is 2. The van der Waals surface area contributed by atoms with Crippen LogP contribution in [0.15, 0.2) is 46.9 Å². The molecule has 1 N–H and O–H groups in total. The predicted octanol–water partition coefficient (Wildman–Crippen LogP) is 3.98. The fraction of sp³-hybridized carbons (Fsp3) is 0.143. The van der Waals surface area contributed by atoms with Gasteiger partial charge in [-0.2, -0.15) is 0 Å². The van der Waals surface area contributed by atoms with E-state index in [1.54, 1.807) is 12.1 Å². The van der Waals surface area contributed by atoms with Crippen LogP contribution in [0, 0.1) is 12.7 Å². The van der Waals surface area contributed by atoms with Crippen molar-refractivity contribution in [3.8, 4) is 0 Å². The van der Waals surface area contributed by atoms with E-state index >= 15 is 0 Å². The summed E-state index contributed by atoms with van der Waals surface area (Å²) in [4.78, 5) is 0. The smallest absolute Gasteiger partial charge is 0.123 e. The van der Waals surface area contributed by atoms with E-state index in [0.717, 1.165) is 15.6 Å². The zero-order valence-electron chi connectivity index (χ0n) is 9.32. The Hall–Kier alpha value is -1.19. The Bertz CT molecular complexity index is 522. The summed E-state index contributed by atoms with van der Waals surface area (Å²) >= 11 is 3.43. The zero-order valence-corrected chi connectivity index (χ0v) is 10.9. The SMILES string of the molecule is Cc1ccc(C(O)c2ccc(F)cc2)cc1Br. The summed E-state index contributed by atoms with van der Waals surface area (Å²) in [6, 6.07) is 11.6. The quantitative estimate of drug-likeness (QED) is 0.888. The van der Waals surface area contributed by atoms with E-state index in [0.29, 0.717) is 5.56 Å². The molecule has 0 saturated heterocycles. The molecule has 2 rings (SSSR count). The van der Waals surface area contributed by atoms with E-state index in [4.69, 9.17) is 0 Å². The first-order valence-electron chi connectivity index (χ1n) is 5.27. The van der Waals surface area contributed by atoms with E-state index in [1.807, 2.05) is 25.1 Å². The molecule has 1 unspecified atom stereocenters. The minimum Gasteiger partial charge on any atom is -0.384 e. The average Bonchev–Trinajstić information content (AvgIpc) is 2.33. The highest BCUT2D eigenvalue weighted by Crippen LogP contribution is 2.26. The molecule has 0 aliphatic heterocycles. The van der Waals surface area contributed by atoms with E-state index in [2.05, 4.69) is 15.9 Å². The van der Waals surface area contributed by atoms with Gasteiger partial charge in [0.1, 0.15) is 11.9 Å². The fourth-order valence-electron chi connectivity index (χ4n) is 1.62. The van der Waals surface area contributed by atoms with Crippen molar-refractivity contribution in [2.75, 3.05) is 0 Å². The van der Waals surface area contributed by atoms with Gasteiger partial charge >= 0.3 is 0 Å². The number of hydrogen-bond donors (Lipinski definition) is 1. The van der Waals surface area contributed by atoms with Crippen LogP contribution in [-0.4, -0.2) is 5.11 Å². The standard InChI is InChI=1S/C14H12BrFO/c1-9-2-3-11(8-13(9)15)14(17)10-4-6-12(16)7-5-10/h2-8,14,17H,1H3. The summed E-state index contributed by atoms with van der Waals surface area (Å²) in [6.45, 7) is 1.98.